The van der Waals surface area contributed by atoms with Gasteiger partial charge in [-0.3, -0.25) is 13.9 Å². The van der Waals surface area contributed by atoms with E-state index in [4.69, 9.17) is 16.3 Å². The number of likely N-dealkylation sites (N-methyl/N-ethyl adjacent to an activating group) is 1. The molecule has 8 nitrogen and oxygen atoms in total. The second-order valence-corrected chi connectivity index (χ2v) is 10.1. The molecule has 2 rings (SSSR count). The molecule has 0 aliphatic carbocycles. The zero-order valence-corrected chi connectivity index (χ0v) is 18.4. The molecule has 164 valence electrons. The van der Waals surface area contributed by atoms with Crippen molar-refractivity contribution in [1.82, 2.24) is 10.2 Å². The van der Waals surface area contributed by atoms with Crippen LogP contribution in [0, 0.1) is 5.92 Å². The van der Waals surface area contributed by atoms with Crippen LogP contribution in [0.4, 0.5) is 0 Å². The smallest absolute Gasteiger partial charge is 0.237 e. The first-order valence-corrected chi connectivity index (χ1v) is 11.8. The van der Waals surface area contributed by atoms with E-state index in [0.29, 0.717) is 5.92 Å². The quantitative estimate of drug-likeness (QED) is 0.390. The van der Waals surface area contributed by atoms with Gasteiger partial charge in [-0.25, -0.2) is 0 Å². The van der Waals surface area contributed by atoms with Crippen LogP contribution in [0.15, 0.2) is 0 Å². The molecule has 0 bridgehead atoms. The number of ether oxygens (including phenoxy) is 1. The molecule has 0 aromatic rings. The Morgan fingerprint density at radius 2 is 1.96 bits per heavy atom. The minimum Gasteiger partial charge on any atom is -0.388 e. The summed E-state index contributed by atoms with van der Waals surface area (Å²) in [5.41, 5.74) is -1.18. The third-order valence-electron chi connectivity index (χ3n) is 5.73. The predicted molar refractivity (Wildman–Crippen MR) is 107 cm³/mol. The molecule has 0 saturated carbocycles. The maximum atomic E-state index is 12.9. The largest absolute Gasteiger partial charge is 0.388 e. The molecular weight excluding hydrogens is 408 g/mol. The number of alkyl halides is 1. The summed E-state index contributed by atoms with van der Waals surface area (Å²) in [4.78, 5) is 14.9. The van der Waals surface area contributed by atoms with Gasteiger partial charge in [0.2, 0.25) is 5.91 Å². The molecule has 2 aliphatic rings. The molecule has 0 aromatic heterocycles. The van der Waals surface area contributed by atoms with Crippen molar-refractivity contribution >= 4 is 28.3 Å². The van der Waals surface area contributed by atoms with Crippen LogP contribution < -0.4 is 5.32 Å². The fourth-order valence-electron chi connectivity index (χ4n) is 4.19. The molecule has 4 N–H and O–H groups in total. The number of likely N-dealkylation sites (tertiary alicyclic amines) is 1. The first-order chi connectivity index (χ1) is 13.1. The van der Waals surface area contributed by atoms with E-state index < -0.39 is 52.1 Å². The topological polar surface area (TPSA) is 119 Å². The van der Waals surface area contributed by atoms with Gasteiger partial charge in [-0.15, -0.1) is 11.6 Å². The van der Waals surface area contributed by atoms with Crippen LogP contribution in [0.3, 0.4) is 0 Å². The van der Waals surface area contributed by atoms with E-state index in [1.807, 2.05) is 11.9 Å². The van der Waals surface area contributed by atoms with Gasteiger partial charge in [0.1, 0.15) is 24.4 Å². The van der Waals surface area contributed by atoms with Crippen molar-refractivity contribution < 1.29 is 29.1 Å². The van der Waals surface area contributed by atoms with Crippen molar-refractivity contribution in [1.29, 1.82) is 0 Å². The number of hydrogen-bond acceptors (Lipinski definition) is 7. The lowest BCUT2D eigenvalue weighted by Gasteiger charge is -2.43. The van der Waals surface area contributed by atoms with Gasteiger partial charge in [0.05, 0.1) is 28.3 Å². The van der Waals surface area contributed by atoms with Gasteiger partial charge in [-0.05, 0) is 32.7 Å². The van der Waals surface area contributed by atoms with Crippen molar-refractivity contribution in [2.24, 2.45) is 5.92 Å². The molecule has 1 unspecified atom stereocenters. The van der Waals surface area contributed by atoms with Crippen LogP contribution in [0.5, 0.6) is 0 Å². The van der Waals surface area contributed by atoms with Crippen LogP contribution in [-0.2, 0) is 20.3 Å². The van der Waals surface area contributed by atoms with E-state index in [-0.39, 0.29) is 11.9 Å². The molecule has 28 heavy (non-hydrogen) atoms. The normalized spacial score (nSPS) is 40.1. The van der Waals surface area contributed by atoms with Crippen LogP contribution in [-0.4, -0.2) is 97.5 Å². The SMILES string of the molecule is CCC[C@@H]1C[C@@H](C(=O)N[C@H]([C@H]2O[C@H](S(C)=O)[C@H](O)[C@@H](O)[C@H]2O)[C@H](C)Cl)N(C)C1. The average molecular weight is 441 g/mol. The van der Waals surface area contributed by atoms with Gasteiger partial charge in [-0.2, -0.15) is 0 Å². The van der Waals surface area contributed by atoms with E-state index >= 15 is 0 Å². The van der Waals surface area contributed by atoms with E-state index in [2.05, 4.69) is 12.2 Å². The molecule has 0 radical (unpaired) electrons. The number of rotatable bonds is 7. The van der Waals surface area contributed by atoms with Gasteiger partial charge in [0.25, 0.3) is 0 Å². The number of halogens is 1. The van der Waals surface area contributed by atoms with E-state index in [1.165, 1.54) is 6.26 Å². The standard InChI is InChI=1S/C18H33ClN2O6S/c1-5-6-10-7-11(21(3)8-10)17(25)20-12(9(2)19)16-14(23)13(22)15(24)18(27-16)28(4)26/h9-16,18,22-24H,5-8H2,1-4H3,(H,20,25)/t9-,10+,11-,12-,13-,14+,15+,16+,18+,28?/m0/s1. The maximum Gasteiger partial charge on any atom is 0.237 e. The van der Waals surface area contributed by atoms with Crippen molar-refractivity contribution in [3.05, 3.63) is 0 Å². The molecule has 2 fully saturated rings. The molecule has 2 heterocycles. The molecule has 1 amide bonds. The Morgan fingerprint density at radius 1 is 1.32 bits per heavy atom. The first-order valence-electron chi connectivity index (χ1n) is 9.75. The van der Waals surface area contributed by atoms with E-state index in [1.54, 1.807) is 6.92 Å². The van der Waals surface area contributed by atoms with Crippen LogP contribution >= 0.6 is 11.6 Å². The monoisotopic (exact) mass is 440 g/mol. The zero-order chi connectivity index (χ0) is 21.2. The highest BCUT2D eigenvalue weighted by Crippen LogP contribution is 2.29. The molecule has 2 aliphatic heterocycles. The number of amides is 1. The molecule has 2 saturated heterocycles. The van der Waals surface area contributed by atoms with Crippen molar-refractivity contribution in [3.8, 4) is 0 Å². The number of aliphatic hydroxyl groups excluding tert-OH is 3. The van der Waals surface area contributed by atoms with Crippen LogP contribution in [0.2, 0.25) is 0 Å². The summed E-state index contributed by atoms with van der Waals surface area (Å²) in [5.74, 6) is 0.238. The zero-order valence-electron chi connectivity index (χ0n) is 16.8. The summed E-state index contributed by atoms with van der Waals surface area (Å²) < 4.78 is 17.5. The Labute approximate surface area is 174 Å². The Morgan fingerprint density at radius 3 is 2.50 bits per heavy atom. The van der Waals surface area contributed by atoms with Gasteiger partial charge < -0.3 is 25.4 Å². The van der Waals surface area contributed by atoms with E-state index in [9.17, 15) is 24.3 Å². The van der Waals surface area contributed by atoms with Crippen molar-refractivity contribution in [2.45, 2.75) is 80.4 Å². The Hall–Kier alpha value is -0.290. The first kappa shape index (κ1) is 24.0. The second-order valence-electron chi connectivity index (χ2n) is 8.00. The Balaban J connectivity index is 2.14. The number of hydrogen-bond donors (Lipinski definition) is 4. The lowest BCUT2D eigenvalue weighted by atomic mass is 9.92. The lowest BCUT2D eigenvalue weighted by Crippen LogP contribution is -2.66. The third-order valence-corrected chi connectivity index (χ3v) is 7.04. The lowest BCUT2D eigenvalue weighted by molar-refractivity contribution is -0.206. The summed E-state index contributed by atoms with van der Waals surface area (Å²) >= 11 is 6.28. The van der Waals surface area contributed by atoms with Crippen LogP contribution in [0.1, 0.15) is 33.1 Å². The fourth-order valence-corrected chi connectivity index (χ4v) is 5.24. The number of carbonyl (C=O) groups excluding carboxylic acids is 1. The van der Waals surface area contributed by atoms with E-state index in [0.717, 1.165) is 25.8 Å². The Kier molecular flexibility index (Phi) is 8.69. The minimum absolute atomic E-state index is 0.218. The highest BCUT2D eigenvalue weighted by molar-refractivity contribution is 7.84. The number of nitrogens with one attached hydrogen (secondary N) is 1. The minimum atomic E-state index is -1.60. The Bertz CT molecular complexity index is 568. The summed E-state index contributed by atoms with van der Waals surface area (Å²) in [5, 5.41) is 32.8. The van der Waals surface area contributed by atoms with Gasteiger partial charge in [0, 0.05) is 12.8 Å². The summed E-state index contributed by atoms with van der Waals surface area (Å²) in [6.45, 7) is 4.61. The van der Waals surface area contributed by atoms with Gasteiger partial charge in [0.15, 0.2) is 5.44 Å². The summed E-state index contributed by atoms with van der Waals surface area (Å²) in [6.07, 6.45) is -1.41. The number of nitrogens with zero attached hydrogens (tertiary/aromatic N) is 1. The molecule has 0 spiro atoms. The predicted octanol–water partition coefficient (Wildman–Crippen LogP) is -0.595. The van der Waals surface area contributed by atoms with Crippen molar-refractivity contribution in [2.75, 3.05) is 19.8 Å². The van der Waals surface area contributed by atoms with Gasteiger partial charge >= 0.3 is 0 Å². The second kappa shape index (κ2) is 10.1. The molecule has 10 atom stereocenters. The molecule has 0 aromatic carbocycles. The highest BCUT2D eigenvalue weighted by Gasteiger charge is 2.49. The van der Waals surface area contributed by atoms with Crippen molar-refractivity contribution in [3.63, 3.8) is 0 Å². The van der Waals surface area contributed by atoms with Crippen LogP contribution in [0.25, 0.3) is 0 Å². The summed E-state index contributed by atoms with van der Waals surface area (Å²) in [7, 11) is 0.301. The maximum absolute atomic E-state index is 12.9. The fraction of sp³-hybridized carbons (Fsp3) is 0.944. The number of aliphatic hydroxyl groups is 3. The third kappa shape index (κ3) is 5.24. The number of carbonyl (C=O) groups is 1. The molecule has 10 heteroatoms. The molecular formula is C18H33ClN2O6S. The summed E-state index contributed by atoms with van der Waals surface area (Å²) in [6, 6.07) is -1.13. The highest BCUT2D eigenvalue weighted by atomic mass is 35.5. The average Bonchev–Trinajstić information content (AvgIpc) is 2.98. The van der Waals surface area contributed by atoms with Gasteiger partial charge in [-0.1, -0.05) is 13.3 Å².